The first-order valence-corrected chi connectivity index (χ1v) is 13.5. The van der Waals surface area contributed by atoms with Crippen LogP contribution in [-0.2, 0) is 0 Å². The second-order valence-electron chi connectivity index (χ2n) is 10.3. The van der Waals surface area contributed by atoms with Gasteiger partial charge in [-0.05, 0) is 72.6 Å². The van der Waals surface area contributed by atoms with E-state index in [9.17, 15) is 0 Å². The summed E-state index contributed by atoms with van der Waals surface area (Å²) in [5.74, 6) is 0. The van der Waals surface area contributed by atoms with Crippen LogP contribution in [-0.4, -0.2) is 9.13 Å². The quantitative estimate of drug-likeness (QED) is 0.229. The van der Waals surface area contributed by atoms with E-state index in [1.165, 1.54) is 71.7 Å². The number of fused-ring (bicyclic) bond motifs is 7. The van der Waals surface area contributed by atoms with E-state index in [1.54, 1.807) is 0 Å². The first-order chi connectivity index (χ1) is 19.3. The number of rotatable bonds is 3. The number of benzene rings is 6. The molecule has 0 unspecified atom stereocenters. The van der Waals surface area contributed by atoms with Gasteiger partial charge in [0, 0.05) is 32.9 Å². The number of hydrogen-bond donors (Lipinski definition) is 0. The van der Waals surface area contributed by atoms with Crippen LogP contribution in [0.5, 0.6) is 0 Å². The molecule has 0 N–H and O–H groups in total. The zero-order valence-electron chi connectivity index (χ0n) is 21.7. The van der Waals surface area contributed by atoms with Gasteiger partial charge in [0.2, 0.25) is 0 Å². The van der Waals surface area contributed by atoms with Crippen LogP contribution < -0.4 is 0 Å². The van der Waals surface area contributed by atoms with Gasteiger partial charge in [-0.3, -0.25) is 0 Å². The number of para-hydroxylation sites is 2. The summed E-state index contributed by atoms with van der Waals surface area (Å²) in [4.78, 5) is 0. The van der Waals surface area contributed by atoms with Crippen molar-refractivity contribution in [2.45, 2.75) is 6.92 Å². The minimum Gasteiger partial charge on any atom is -0.309 e. The Balaban J connectivity index is 1.59. The van der Waals surface area contributed by atoms with Gasteiger partial charge in [0.1, 0.15) is 0 Å². The Morgan fingerprint density at radius 2 is 1.00 bits per heavy atom. The van der Waals surface area contributed by atoms with Crippen molar-refractivity contribution in [3.05, 3.63) is 145 Å². The lowest BCUT2D eigenvalue weighted by Gasteiger charge is -2.10. The molecule has 0 atom stereocenters. The Labute approximate surface area is 227 Å². The van der Waals surface area contributed by atoms with Crippen molar-refractivity contribution in [3.8, 4) is 22.5 Å². The molecule has 39 heavy (non-hydrogen) atoms. The number of nitrogens with zero attached hydrogens (tertiary/aromatic N) is 2. The van der Waals surface area contributed by atoms with E-state index in [2.05, 4.69) is 156 Å². The highest BCUT2D eigenvalue weighted by molar-refractivity contribution is 6.26. The van der Waals surface area contributed by atoms with Crippen molar-refractivity contribution in [3.63, 3.8) is 0 Å². The molecule has 0 radical (unpaired) electrons. The highest BCUT2D eigenvalue weighted by Crippen LogP contribution is 2.43. The predicted octanol–water partition coefficient (Wildman–Crippen LogP) is 9.86. The lowest BCUT2D eigenvalue weighted by Crippen LogP contribution is -1.95. The summed E-state index contributed by atoms with van der Waals surface area (Å²) in [6, 6.07) is 50.5. The third kappa shape index (κ3) is 3.28. The van der Waals surface area contributed by atoms with Gasteiger partial charge in [-0.25, -0.2) is 0 Å². The molecule has 0 saturated carbocycles. The lowest BCUT2D eigenvalue weighted by atomic mass is 10.0. The fourth-order valence-electron chi connectivity index (χ4n) is 6.23. The normalized spacial score (nSPS) is 11.7. The van der Waals surface area contributed by atoms with E-state index < -0.39 is 0 Å². The lowest BCUT2D eigenvalue weighted by molar-refractivity contribution is 1.17. The minimum atomic E-state index is 1.17. The van der Waals surface area contributed by atoms with Crippen molar-refractivity contribution in [2.75, 3.05) is 0 Å². The fraction of sp³-hybridized carbons (Fsp3) is 0.0270. The average molecular weight is 499 g/mol. The predicted molar refractivity (Wildman–Crippen MR) is 165 cm³/mol. The number of aryl methyl sites for hydroxylation is 1. The molecule has 0 aliphatic carbocycles. The molecule has 8 rings (SSSR count). The van der Waals surface area contributed by atoms with Crippen LogP contribution >= 0.6 is 0 Å². The van der Waals surface area contributed by atoms with Gasteiger partial charge in [-0.2, -0.15) is 0 Å². The van der Waals surface area contributed by atoms with Crippen molar-refractivity contribution in [1.82, 2.24) is 9.13 Å². The maximum atomic E-state index is 2.46. The fourth-order valence-corrected chi connectivity index (χ4v) is 6.23. The summed E-state index contributed by atoms with van der Waals surface area (Å²) >= 11 is 0. The van der Waals surface area contributed by atoms with E-state index in [1.807, 2.05) is 0 Å². The molecule has 2 aromatic heterocycles. The van der Waals surface area contributed by atoms with Crippen LogP contribution in [0.1, 0.15) is 5.56 Å². The molecule has 0 saturated heterocycles. The zero-order chi connectivity index (χ0) is 25.9. The van der Waals surface area contributed by atoms with E-state index in [-0.39, 0.29) is 0 Å². The summed E-state index contributed by atoms with van der Waals surface area (Å²) in [6.07, 6.45) is 0. The standard InChI is InChI=1S/C37H26N2/c1-25-17-20-34-32(23-25)36-35(38(34)28-13-7-3-8-14-28)22-19-30-31-24-27(26-11-5-2-6-12-26)18-21-33(31)39(37(30)36)29-15-9-4-10-16-29/h2-24H,1H3. The van der Waals surface area contributed by atoms with Crippen molar-refractivity contribution in [2.24, 2.45) is 0 Å². The molecule has 2 heteroatoms. The molecule has 0 bridgehead atoms. The average Bonchev–Trinajstić information content (AvgIpc) is 3.50. The smallest absolute Gasteiger partial charge is 0.0641 e. The highest BCUT2D eigenvalue weighted by atomic mass is 15.0. The van der Waals surface area contributed by atoms with Gasteiger partial charge < -0.3 is 9.13 Å². The number of hydrogen-bond acceptors (Lipinski definition) is 0. The molecule has 2 heterocycles. The molecule has 2 nitrogen and oxygen atoms in total. The molecule has 0 aliphatic rings. The topological polar surface area (TPSA) is 9.86 Å². The van der Waals surface area contributed by atoms with Gasteiger partial charge in [0.25, 0.3) is 0 Å². The molecule has 0 aliphatic heterocycles. The third-order valence-electron chi connectivity index (χ3n) is 7.95. The molecule has 0 fully saturated rings. The second kappa shape index (κ2) is 8.47. The Hall–Kier alpha value is -5.08. The van der Waals surface area contributed by atoms with Gasteiger partial charge in [0.15, 0.2) is 0 Å². The first-order valence-electron chi connectivity index (χ1n) is 13.5. The number of aromatic nitrogens is 2. The monoisotopic (exact) mass is 498 g/mol. The van der Waals surface area contributed by atoms with Crippen LogP contribution in [0, 0.1) is 6.92 Å². The van der Waals surface area contributed by atoms with Gasteiger partial charge in [0.05, 0.1) is 22.1 Å². The van der Waals surface area contributed by atoms with E-state index in [0.29, 0.717) is 0 Å². The van der Waals surface area contributed by atoms with Crippen LogP contribution in [0.2, 0.25) is 0 Å². The van der Waals surface area contributed by atoms with Crippen LogP contribution in [0.25, 0.3) is 66.1 Å². The maximum absolute atomic E-state index is 2.46. The summed E-state index contributed by atoms with van der Waals surface area (Å²) < 4.78 is 4.87. The van der Waals surface area contributed by atoms with Crippen molar-refractivity contribution >= 4 is 43.6 Å². The molecule has 0 spiro atoms. The van der Waals surface area contributed by atoms with Crippen LogP contribution in [0.3, 0.4) is 0 Å². The summed E-state index contributed by atoms with van der Waals surface area (Å²) in [7, 11) is 0. The van der Waals surface area contributed by atoms with Crippen molar-refractivity contribution in [1.29, 1.82) is 0 Å². The molecule has 6 aromatic carbocycles. The molecule has 0 amide bonds. The Kier molecular flexibility index (Phi) is 4.77. The molecule has 184 valence electrons. The Bertz CT molecular complexity index is 2150. The van der Waals surface area contributed by atoms with Crippen LogP contribution in [0.4, 0.5) is 0 Å². The first kappa shape index (κ1) is 22.0. The second-order valence-corrected chi connectivity index (χ2v) is 10.3. The Morgan fingerprint density at radius 3 is 1.72 bits per heavy atom. The van der Waals surface area contributed by atoms with Gasteiger partial charge in [-0.1, -0.05) is 90.5 Å². The minimum absolute atomic E-state index is 1.17. The molecular formula is C37H26N2. The van der Waals surface area contributed by atoms with Crippen molar-refractivity contribution < 1.29 is 0 Å². The van der Waals surface area contributed by atoms with E-state index in [0.717, 1.165) is 0 Å². The summed E-state index contributed by atoms with van der Waals surface area (Å²) in [5, 5.41) is 5.11. The Morgan fingerprint density at radius 1 is 0.410 bits per heavy atom. The molecule has 8 aromatic rings. The summed E-state index contributed by atoms with van der Waals surface area (Å²) in [6.45, 7) is 2.18. The van der Waals surface area contributed by atoms with E-state index in [4.69, 9.17) is 0 Å². The van der Waals surface area contributed by atoms with Gasteiger partial charge >= 0.3 is 0 Å². The molecular weight excluding hydrogens is 472 g/mol. The maximum Gasteiger partial charge on any atom is 0.0641 e. The largest absolute Gasteiger partial charge is 0.309 e. The van der Waals surface area contributed by atoms with E-state index >= 15 is 0 Å². The van der Waals surface area contributed by atoms with Gasteiger partial charge in [-0.15, -0.1) is 0 Å². The highest BCUT2D eigenvalue weighted by Gasteiger charge is 2.21. The summed E-state index contributed by atoms with van der Waals surface area (Å²) in [5.41, 5.74) is 11.0. The van der Waals surface area contributed by atoms with Crippen LogP contribution in [0.15, 0.2) is 140 Å². The third-order valence-corrected chi connectivity index (χ3v) is 7.95. The SMILES string of the molecule is Cc1ccc2c(c1)c1c(ccc3c4cc(-c5ccccc5)ccc4n(-c4ccccc4)c31)n2-c1ccccc1. The zero-order valence-corrected chi connectivity index (χ0v) is 21.7.